The lowest BCUT2D eigenvalue weighted by atomic mass is 10.3. The molecule has 120 valence electrons. The highest BCUT2D eigenvalue weighted by molar-refractivity contribution is 7.89. The van der Waals surface area contributed by atoms with Gasteiger partial charge in [0.05, 0.1) is 18.2 Å². The van der Waals surface area contributed by atoms with Crippen molar-refractivity contribution in [3.63, 3.8) is 0 Å². The van der Waals surface area contributed by atoms with E-state index in [-0.39, 0.29) is 35.7 Å². The highest BCUT2D eigenvalue weighted by atomic mass is 35.5. The fraction of sp³-hybridized carbons (Fsp3) is 0.538. The predicted octanol–water partition coefficient (Wildman–Crippen LogP) is 1.59. The van der Waals surface area contributed by atoms with Crippen molar-refractivity contribution in [2.24, 2.45) is 0 Å². The number of nitrogens with two attached hydrogens (primary N) is 1. The van der Waals surface area contributed by atoms with E-state index in [0.29, 0.717) is 5.69 Å². The standard InChI is InChI=1S/C13H21ClN2O4S/c1-10(9-20-3)16(6-7-19-2)21(17,18)13-8-11(15)4-5-12(13)14/h4-5,8,10H,6-7,9,15H2,1-3H3. The second kappa shape index (κ2) is 7.95. The Morgan fingerprint density at radius 1 is 1.33 bits per heavy atom. The van der Waals surface area contributed by atoms with Crippen LogP contribution in [0.3, 0.4) is 0 Å². The van der Waals surface area contributed by atoms with Crippen molar-refractivity contribution < 1.29 is 17.9 Å². The quantitative estimate of drug-likeness (QED) is 0.729. The third kappa shape index (κ3) is 4.55. The molecule has 0 saturated carbocycles. The largest absolute Gasteiger partial charge is 0.399 e. The van der Waals surface area contributed by atoms with Crippen molar-refractivity contribution in [2.75, 3.05) is 39.7 Å². The Bertz CT molecular complexity index is 565. The molecular formula is C13H21ClN2O4S. The molecule has 0 spiro atoms. The number of nitrogens with zero attached hydrogens (tertiary/aromatic N) is 1. The van der Waals surface area contributed by atoms with Gasteiger partial charge in [0.15, 0.2) is 0 Å². The van der Waals surface area contributed by atoms with Crippen molar-refractivity contribution in [1.82, 2.24) is 4.31 Å². The zero-order valence-corrected chi connectivity index (χ0v) is 13.9. The van der Waals surface area contributed by atoms with E-state index in [1.54, 1.807) is 13.0 Å². The number of methoxy groups -OCH3 is 2. The lowest BCUT2D eigenvalue weighted by molar-refractivity contribution is 0.119. The van der Waals surface area contributed by atoms with Gasteiger partial charge in [-0.25, -0.2) is 8.42 Å². The van der Waals surface area contributed by atoms with Gasteiger partial charge >= 0.3 is 0 Å². The van der Waals surface area contributed by atoms with Crippen LogP contribution in [-0.2, 0) is 19.5 Å². The molecule has 0 radical (unpaired) electrons. The summed E-state index contributed by atoms with van der Waals surface area (Å²) in [5, 5.41) is 0.135. The molecule has 6 nitrogen and oxygen atoms in total. The van der Waals surface area contributed by atoms with Gasteiger partial charge < -0.3 is 15.2 Å². The number of rotatable bonds is 8. The molecule has 1 atom stereocenters. The second-order valence-corrected chi connectivity index (χ2v) is 6.87. The van der Waals surface area contributed by atoms with Crippen LogP contribution in [0.5, 0.6) is 0 Å². The summed E-state index contributed by atoms with van der Waals surface area (Å²) in [7, 11) is -0.754. The normalized spacial score (nSPS) is 13.6. The maximum atomic E-state index is 12.8. The zero-order valence-electron chi connectivity index (χ0n) is 12.4. The summed E-state index contributed by atoms with van der Waals surface area (Å²) < 4.78 is 36.9. The fourth-order valence-corrected chi connectivity index (χ4v) is 4.04. The van der Waals surface area contributed by atoms with Crippen molar-refractivity contribution in [3.8, 4) is 0 Å². The Morgan fingerprint density at radius 2 is 2.00 bits per heavy atom. The van der Waals surface area contributed by atoms with Gasteiger partial charge in [0.2, 0.25) is 10.0 Å². The number of nitrogen functional groups attached to an aromatic ring is 1. The first kappa shape index (κ1) is 18.2. The number of hydrogen-bond acceptors (Lipinski definition) is 5. The smallest absolute Gasteiger partial charge is 0.245 e. The molecule has 1 unspecified atom stereocenters. The Balaban J connectivity index is 3.22. The number of anilines is 1. The van der Waals surface area contributed by atoms with Crippen LogP contribution in [0.15, 0.2) is 23.1 Å². The number of hydrogen-bond donors (Lipinski definition) is 1. The molecule has 0 aliphatic heterocycles. The molecule has 0 saturated heterocycles. The maximum absolute atomic E-state index is 12.8. The summed E-state index contributed by atoms with van der Waals surface area (Å²) in [5.41, 5.74) is 6.01. The van der Waals surface area contributed by atoms with Gasteiger partial charge in [-0.1, -0.05) is 11.6 Å². The fourth-order valence-electron chi connectivity index (χ4n) is 1.93. The minimum atomic E-state index is -3.79. The Labute approximate surface area is 130 Å². The van der Waals surface area contributed by atoms with Crippen LogP contribution >= 0.6 is 11.6 Å². The van der Waals surface area contributed by atoms with E-state index in [1.165, 1.54) is 30.7 Å². The van der Waals surface area contributed by atoms with E-state index in [1.807, 2.05) is 0 Å². The highest BCUT2D eigenvalue weighted by Crippen LogP contribution is 2.27. The lowest BCUT2D eigenvalue weighted by Crippen LogP contribution is -2.43. The summed E-state index contributed by atoms with van der Waals surface area (Å²) in [5.74, 6) is 0. The van der Waals surface area contributed by atoms with Gasteiger partial charge in [0.1, 0.15) is 4.90 Å². The van der Waals surface area contributed by atoms with Gasteiger partial charge in [-0.2, -0.15) is 4.31 Å². The SMILES string of the molecule is COCCN(C(C)COC)S(=O)(=O)c1cc(N)ccc1Cl. The van der Waals surface area contributed by atoms with Crippen molar-refractivity contribution in [1.29, 1.82) is 0 Å². The number of sulfonamides is 1. The van der Waals surface area contributed by atoms with Crippen LogP contribution in [-0.4, -0.2) is 52.7 Å². The van der Waals surface area contributed by atoms with Crippen molar-refractivity contribution in [3.05, 3.63) is 23.2 Å². The lowest BCUT2D eigenvalue weighted by Gasteiger charge is -2.28. The van der Waals surface area contributed by atoms with E-state index in [0.717, 1.165) is 0 Å². The van der Waals surface area contributed by atoms with E-state index >= 15 is 0 Å². The van der Waals surface area contributed by atoms with E-state index in [4.69, 9.17) is 26.8 Å². The van der Waals surface area contributed by atoms with Crippen molar-refractivity contribution >= 4 is 27.3 Å². The van der Waals surface area contributed by atoms with Crippen molar-refractivity contribution in [2.45, 2.75) is 17.9 Å². The molecule has 2 N–H and O–H groups in total. The molecular weight excluding hydrogens is 316 g/mol. The highest BCUT2D eigenvalue weighted by Gasteiger charge is 2.30. The predicted molar refractivity (Wildman–Crippen MR) is 83.0 cm³/mol. The molecule has 0 aliphatic rings. The monoisotopic (exact) mass is 336 g/mol. The first-order valence-electron chi connectivity index (χ1n) is 6.39. The number of ether oxygens (including phenoxy) is 2. The molecule has 8 heteroatoms. The first-order chi connectivity index (χ1) is 9.84. The Morgan fingerprint density at radius 3 is 2.57 bits per heavy atom. The molecule has 0 bridgehead atoms. The summed E-state index contributed by atoms with van der Waals surface area (Å²) in [6, 6.07) is 4.03. The summed E-state index contributed by atoms with van der Waals surface area (Å²) >= 11 is 6.02. The maximum Gasteiger partial charge on any atom is 0.245 e. The summed E-state index contributed by atoms with van der Waals surface area (Å²) in [4.78, 5) is -0.0109. The molecule has 1 aromatic carbocycles. The van der Waals surface area contributed by atoms with Gasteiger partial charge in [0.25, 0.3) is 0 Å². The molecule has 1 aromatic rings. The average Bonchev–Trinajstić information content (AvgIpc) is 2.42. The molecule has 0 aliphatic carbocycles. The average molecular weight is 337 g/mol. The number of benzene rings is 1. The van der Waals surface area contributed by atoms with Gasteiger partial charge in [-0.15, -0.1) is 0 Å². The molecule has 0 amide bonds. The second-order valence-electron chi connectivity index (χ2n) is 4.60. The van der Waals surface area contributed by atoms with Crippen LogP contribution in [0.2, 0.25) is 5.02 Å². The zero-order chi connectivity index (χ0) is 16.0. The topological polar surface area (TPSA) is 81.9 Å². The van der Waals surface area contributed by atoms with Gasteiger partial charge in [-0.05, 0) is 25.1 Å². The third-order valence-corrected chi connectivity index (χ3v) is 5.45. The first-order valence-corrected chi connectivity index (χ1v) is 8.21. The van der Waals surface area contributed by atoms with Gasteiger partial charge in [-0.3, -0.25) is 0 Å². The third-order valence-electron chi connectivity index (χ3n) is 2.96. The minimum Gasteiger partial charge on any atom is -0.399 e. The van der Waals surface area contributed by atoms with Gasteiger partial charge in [0, 0.05) is 32.5 Å². The molecule has 0 fully saturated rings. The minimum absolute atomic E-state index is 0.0109. The number of halogens is 1. The van der Waals surface area contributed by atoms with Crippen LogP contribution in [0.25, 0.3) is 0 Å². The van der Waals surface area contributed by atoms with E-state index in [2.05, 4.69) is 0 Å². The van der Waals surface area contributed by atoms with Crippen LogP contribution in [0.4, 0.5) is 5.69 Å². The summed E-state index contributed by atoms with van der Waals surface area (Å²) in [6.07, 6.45) is 0. The van der Waals surface area contributed by atoms with Crippen LogP contribution in [0.1, 0.15) is 6.92 Å². The van der Waals surface area contributed by atoms with E-state index in [9.17, 15) is 8.42 Å². The van der Waals surface area contributed by atoms with Crippen LogP contribution in [0, 0.1) is 0 Å². The molecule has 0 aromatic heterocycles. The Kier molecular flexibility index (Phi) is 6.89. The molecule has 21 heavy (non-hydrogen) atoms. The van der Waals surface area contributed by atoms with Crippen LogP contribution < -0.4 is 5.73 Å². The summed E-state index contributed by atoms with van der Waals surface area (Å²) in [6.45, 7) is 2.50. The van der Waals surface area contributed by atoms with E-state index < -0.39 is 10.0 Å². The molecule has 0 heterocycles. The Hall–Kier alpha value is -0.860. The molecule has 1 rings (SSSR count).